The van der Waals surface area contributed by atoms with Crippen molar-refractivity contribution in [2.75, 3.05) is 17.1 Å². The van der Waals surface area contributed by atoms with Crippen LogP contribution in [0.4, 0.5) is 10.1 Å². The van der Waals surface area contributed by atoms with Crippen molar-refractivity contribution >= 4 is 50.7 Å². The van der Waals surface area contributed by atoms with Crippen molar-refractivity contribution in [2.24, 2.45) is 0 Å². The molecule has 2 atom stereocenters. The fraction of sp³-hybridized carbons (Fsp3) is 0.462. The maximum absolute atomic E-state index is 14.3. The van der Waals surface area contributed by atoms with Gasteiger partial charge in [0.1, 0.15) is 11.9 Å². The highest BCUT2D eigenvalue weighted by Gasteiger charge is 2.30. The Bertz CT molecular complexity index is 1200. The topological polar surface area (TPSA) is 86.8 Å². The van der Waals surface area contributed by atoms with Crippen LogP contribution in [0.2, 0.25) is 10.0 Å². The first-order chi connectivity index (χ1) is 17.4. The molecule has 2 amide bonds. The molecule has 0 aliphatic heterocycles. The number of benzene rings is 2. The molecule has 0 radical (unpaired) electrons. The fourth-order valence-electron chi connectivity index (χ4n) is 3.83. The third-order valence-corrected chi connectivity index (χ3v) is 7.78. The van der Waals surface area contributed by atoms with Crippen molar-refractivity contribution in [1.82, 2.24) is 10.2 Å². The van der Waals surface area contributed by atoms with Crippen LogP contribution < -0.4 is 9.62 Å². The summed E-state index contributed by atoms with van der Waals surface area (Å²) in [4.78, 5) is 28.0. The fourth-order valence-corrected chi connectivity index (χ4v) is 5.26. The molecule has 0 aromatic heterocycles. The Morgan fingerprint density at radius 3 is 2.32 bits per heavy atom. The third kappa shape index (κ3) is 8.86. The molecule has 7 nitrogen and oxygen atoms in total. The van der Waals surface area contributed by atoms with E-state index in [4.69, 9.17) is 23.2 Å². The van der Waals surface area contributed by atoms with E-state index in [2.05, 4.69) is 5.32 Å². The summed E-state index contributed by atoms with van der Waals surface area (Å²) in [6.45, 7) is 5.62. The molecule has 0 fully saturated rings. The SMILES string of the molecule is CC[C@H](C)NC(=O)[C@H](CC)N(Cc1ccc(Cl)cc1Cl)C(=O)CCCN(c1ccccc1F)S(C)(=O)=O. The quantitative estimate of drug-likeness (QED) is 0.347. The van der Waals surface area contributed by atoms with Gasteiger partial charge in [0.25, 0.3) is 0 Å². The zero-order chi connectivity index (χ0) is 27.8. The highest BCUT2D eigenvalue weighted by molar-refractivity contribution is 7.92. The number of carbonyl (C=O) groups excluding carboxylic acids is 2. The molecule has 204 valence electrons. The highest BCUT2D eigenvalue weighted by atomic mass is 35.5. The second-order valence-corrected chi connectivity index (χ2v) is 11.6. The number of sulfonamides is 1. The minimum atomic E-state index is -3.79. The summed E-state index contributed by atoms with van der Waals surface area (Å²) in [5, 5.41) is 3.74. The second kappa shape index (κ2) is 14.0. The zero-order valence-corrected chi connectivity index (χ0v) is 23.8. The van der Waals surface area contributed by atoms with Gasteiger partial charge in [0, 0.05) is 35.6 Å². The first kappa shape index (κ1) is 30.9. The first-order valence-electron chi connectivity index (χ1n) is 12.1. The van der Waals surface area contributed by atoms with Gasteiger partial charge in [0.05, 0.1) is 11.9 Å². The molecule has 11 heteroatoms. The lowest BCUT2D eigenvalue weighted by atomic mass is 10.1. The number of amides is 2. The van der Waals surface area contributed by atoms with E-state index in [1.807, 2.05) is 20.8 Å². The van der Waals surface area contributed by atoms with Crippen LogP contribution in [-0.2, 0) is 26.2 Å². The van der Waals surface area contributed by atoms with Crippen molar-refractivity contribution in [2.45, 2.75) is 65.1 Å². The molecular formula is C26H34Cl2FN3O4S. The molecule has 1 N–H and O–H groups in total. The van der Waals surface area contributed by atoms with Crippen molar-refractivity contribution in [1.29, 1.82) is 0 Å². The molecule has 2 aromatic carbocycles. The summed E-state index contributed by atoms with van der Waals surface area (Å²) in [5.74, 6) is -1.30. The summed E-state index contributed by atoms with van der Waals surface area (Å²) in [5.41, 5.74) is 0.542. The molecule has 2 aromatic rings. The Labute approximate surface area is 229 Å². The van der Waals surface area contributed by atoms with Crippen molar-refractivity contribution in [3.05, 3.63) is 63.9 Å². The van der Waals surface area contributed by atoms with Crippen LogP contribution in [0.5, 0.6) is 0 Å². The summed E-state index contributed by atoms with van der Waals surface area (Å²) in [6.07, 6.45) is 2.15. The van der Waals surface area contributed by atoms with Gasteiger partial charge in [0.15, 0.2) is 0 Å². The van der Waals surface area contributed by atoms with Crippen LogP contribution in [0.3, 0.4) is 0 Å². The van der Waals surface area contributed by atoms with Crippen LogP contribution in [0.25, 0.3) is 0 Å². The minimum absolute atomic E-state index is 0.0568. The van der Waals surface area contributed by atoms with E-state index < -0.39 is 21.9 Å². The van der Waals surface area contributed by atoms with Gasteiger partial charge >= 0.3 is 0 Å². The van der Waals surface area contributed by atoms with Gasteiger partial charge in [-0.1, -0.05) is 55.2 Å². The van der Waals surface area contributed by atoms with Gasteiger partial charge in [-0.2, -0.15) is 0 Å². The minimum Gasteiger partial charge on any atom is -0.352 e. The zero-order valence-electron chi connectivity index (χ0n) is 21.5. The number of rotatable bonds is 13. The number of hydrogen-bond donors (Lipinski definition) is 1. The largest absolute Gasteiger partial charge is 0.352 e. The van der Waals surface area contributed by atoms with Crippen LogP contribution in [0.15, 0.2) is 42.5 Å². The lowest BCUT2D eigenvalue weighted by molar-refractivity contribution is -0.141. The molecule has 0 aliphatic carbocycles. The van der Waals surface area contributed by atoms with E-state index in [-0.39, 0.29) is 49.5 Å². The van der Waals surface area contributed by atoms with E-state index in [9.17, 15) is 22.4 Å². The first-order valence-corrected chi connectivity index (χ1v) is 14.7. The molecule has 0 bridgehead atoms. The van der Waals surface area contributed by atoms with Crippen LogP contribution in [-0.4, -0.2) is 50.0 Å². The number of hydrogen-bond acceptors (Lipinski definition) is 4. The maximum atomic E-state index is 14.3. The molecule has 0 heterocycles. The van der Waals surface area contributed by atoms with E-state index in [1.54, 1.807) is 24.3 Å². The normalized spacial score (nSPS) is 13.1. The number of nitrogens with one attached hydrogen (secondary N) is 1. The number of carbonyl (C=O) groups is 2. The number of anilines is 1. The van der Waals surface area contributed by atoms with Crippen molar-refractivity contribution < 1.29 is 22.4 Å². The predicted octanol–water partition coefficient (Wildman–Crippen LogP) is 5.40. The monoisotopic (exact) mass is 573 g/mol. The van der Waals surface area contributed by atoms with Gasteiger partial charge in [-0.3, -0.25) is 13.9 Å². The lowest BCUT2D eigenvalue weighted by Crippen LogP contribution is -2.50. The van der Waals surface area contributed by atoms with E-state index in [0.717, 1.165) is 17.0 Å². The standard InChI is InChI=1S/C26H34Cl2FN3O4S/c1-5-18(3)30-26(34)23(6-2)31(17-19-13-14-20(27)16-21(19)28)25(33)12-9-15-32(37(4,35)36)24-11-8-7-10-22(24)29/h7-8,10-11,13-14,16,18,23H,5-6,9,12,15,17H2,1-4H3,(H,30,34)/t18-,23-/m0/s1. The van der Waals surface area contributed by atoms with Gasteiger partial charge in [-0.15, -0.1) is 0 Å². The van der Waals surface area contributed by atoms with Gasteiger partial charge < -0.3 is 10.2 Å². The lowest BCUT2D eigenvalue weighted by Gasteiger charge is -2.32. The predicted molar refractivity (Wildman–Crippen MR) is 147 cm³/mol. The highest BCUT2D eigenvalue weighted by Crippen LogP contribution is 2.25. The Morgan fingerprint density at radius 1 is 1.08 bits per heavy atom. The maximum Gasteiger partial charge on any atom is 0.243 e. The van der Waals surface area contributed by atoms with Crippen LogP contribution in [0, 0.1) is 5.82 Å². The smallest absolute Gasteiger partial charge is 0.243 e. The third-order valence-electron chi connectivity index (χ3n) is 6.02. The van der Waals surface area contributed by atoms with Gasteiger partial charge in [-0.25, -0.2) is 12.8 Å². The van der Waals surface area contributed by atoms with E-state index in [0.29, 0.717) is 22.0 Å². The molecule has 0 aliphatic rings. The molecule has 2 rings (SSSR count). The molecule has 0 spiro atoms. The van der Waals surface area contributed by atoms with Crippen molar-refractivity contribution in [3.63, 3.8) is 0 Å². The van der Waals surface area contributed by atoms with Gasteiger partial charge in [-0.05, 0) is 56.0 Å². The molecule has 0 unspecified atom stereocenters. The van der Waals surface area contributed by atoms with Crippen LogP contribution >= 0.6 is 23.2 Å². The Hall–Kier alpha value is -2.36. The van der Waals surface area contributed by atoms with Gasteiger partial charge in [0.2, 0.25) is 21.8 Å². The Morgan fingerprint density at radius 2 is 1.76 bits per heavy atom. The summed E-state index contributed by atoms with van der Waals surface area (Å²) < 4.78 is 40.0. The number of para-hydroxylation sites is 1. The Balaban J connectivity index is 2.27. The molecular weight excluding hydrogens is 540 g/mol. The second-order valence-electron chi connectivity index (χ2n) is 8.89. The average Bonchev–Trinajstić information content (AvgIpc) is 2.82. The van der Waals surface area contributed by atoms with Crippen molar-refractivity contribution in [3.8, 4) is 0 Å². The van der Waals surface area contributed by atoms with Crippen LogP contribution in [0.1, 0.15) is 52.0 Å². The number of nitrogens with zero attached hydrogens (tertiary/aromatic N) is 2. The molecule has 0 saturated heterocycles. The van der Waals surface area contributed by atoms with E-state index >= 15 is 0 Å². The summed E-state index contributed by atoms with van der Waals surface area (Å²) in [7, 11) is -3.79. The Kier molecular flexibility index (Phi) is 11.7. The number of halogens is 3. The summed E-state index contributed by atoms with van der Waals surface area (Å²) >= 11 is 12.4. The molecule has 0 saturated carbocycles. The summed E-state index contributed by atoms with van der Waals surface area (Å²) in [6, 6.07) is 9.67. The van der Waals surface area contributed by atoms with E-state index in [1.165, 1.54) is 23.1 Å². The average molecular weight is 575 g/mol. The molecule has 37 heavy (non-hydrogen) atoms.